The summed E-state index contributed by atoms with van der Waals surface area (Å²) in [6, 6.07) is 7.72. The van der Waals surface area contributed by atoms with Crippen LogP contribution in [0.1, 0.15) is 12.5 Å². The molecule has 1 aromatic rings. The fourth-order valence-corrected chi connectivity index (χ4v) is 1.06. The van der Waals surface area contributed by atoms with E-state index in [0.29, 0.717) is 0 Å². The van der Waals surface area contributed by atoms with Crippen molar-refractivity contribution in [2.45, 2.75) is 6.92 Å². The Morgan fingerprint density at radius 1 is 1.54 bits per heavy atom. The van der Waals surface area contributed by atoms with Crippen LogP contribution < -0.4 is 4.74 Å². The van der Waals surface area contributed by atoms with Crippen LogP contribution in [0, 0.1) is 0 Å². The highest BCUT2D eigenvalue weighted by molar-refractivity contribution is 5.54. The molecule has 1 N–H and O–H groups in total. The van der Waals surface area contributed by atoms with Gasteiger partial charge in [0.1, 0.15) is 5.75 Å². The van der Waals surface area contributed by atoms with Gasteiger partial charge in [0.05, 0.1) is 13.7 Å². The van der Waals surface area contributed by atoms with E-state index in [1.807, 2.05) is 37.3 Å². The molecule has 0 radical (unpaired) electrons. The summed E-state index contributed by atoms with van der Waals surface area (Å²) in [5.41, 5.74) is 1.99. The summed E-state index contributed by atoms with van der Waals surface area (Å²) < 4.78 is 5.08. The maximum Gasteiger partial charge on any atom is 0.119 e. The van der Waals surface area contributed by atoms with Gasteiger partial charge in [-0.3, -0.25) is 0 Å². The average molecular weight is 178 g/mol. The zero-order chi connectivity index (χ0) is 9.68. The van der Waals surface area contributed by atoms with Crippen molar-refractivity contribution < 1.29 is 9.84 Å². The van der Waals surface area contributed by atoms with E-state index in [1.165, 1.54) is 0 Å². The van der Waals surface area contributed by atoms with E-state index in [0.717, 1.165) is 16.9 Å². The Labute approximate surface area is 78.5 Å². The predicted octanol–water partition coefficient (Wildman–Crippen LogP) is 2.09. The third-order valence-electron chi connectivity index (χ3n) is 1.76. The summed E-state index contributed by atoms with van der Waals surface area (Å²) in [4.78, 5) is 0. The fourth-order valence-electron chi connectivity index (χ4n) is 1.06. The van der Waals surface area contributed by atoms with Crippen molar-refractivity contribution in [3.8, 4) is 5.75 Å². The third-order valence-corrected chi connectivity index (χ3v) is 1.76. The van der Waals surface area contributed by atoms with Gasteiger partial charge in [0, 0.05) is 0 Å². The summed E-state index contributed by atoms with van der Waals surface area (Å²) in [6.45, 7) is 1.98. The van der Waals surface area contributed by atoms with Gasteiger partial charge in [0.2, 0.25) is 0 Å². The molecule has 0 aliphatic carbocycles. The number of hydrogen-bond acceptors (Lipinski definition) is 2. The van der Waals surface area contributed by atoms with Gasteiger partial charge in [0.15, 0.2) is 0 Å². The van der Waals surface area contributed by atoms with E-state index < -0.39 is 0 Å². The normalized spacial score (nSPS) is 11.5. The predicted molar refractivity (Wildman–Crippen MR) is 53.7 cm³/mol. The Bertz CT molecular complexity index is 303. The van der Waals surface area contributed by atoms with Crippen LogP contribution >= 0.6 is 0 Å². The Balaban J connectivity index is 2.89. The topological polar surface area (TPSA) is 29.5 Å². The highest BCUT2D eigenvalue weighted by Gasteiger charge is 1.92. The molecule has 0 atom stereocenters. The van der Waals surface area contributed by atoms with E-state index in [9.17, 15) is 0 Å². The Hall–Kier alpha value is -1.28. The summed E-state index contributed by atoms with van der Waals surface area (Å²) in [5, 5.41) is 8.82. The van der Waals surface area contributed by atoms with Crippen molar-refractivity contribution in [1.29, 1.82) is 0 Å². The first-order valence-corrected chi connectivity index (χ1v) is 4.18. The molecule has 13 heavy (non-hydrogen) atoms. The van der Waals surface area contributed by atoms with Crippen molar-refractivity contribution >= 4 is 6.08 Å². The zero-order valence-corrected chi connectivity index (χ0v) is 7.95. The van der Waals surface area contributed by atoms with E-state index in [4.69, 9.17) is 9.84 Å². The van der Waals surface area contributed by atoms with Gasteiger partial charge >= 0.3 is 0 Å². The number of aliphatic hydroxyl groups excluding tert-OH is 1. The van der Waals surface area contributed by atoms with Gasteiger partial charge in [-0.2, -0.15) is 0 Å². The standard InChI is InChI=1S/C11H14O2/c1-9(8-12)6-10-4-3-5-11(7-10)13-2/h3-7,12H,8H2,1-2H3/b9-6+. The Morgan fingerprint density at radius 3 is 2.92 bits per heavy atom. The lowest BCUT2D eigenvalue weighted by Gasteiger charge is -2.01. The van der Waals surface area contributed by atoms with Crippen LogP contribution in [-0.2, 0) is 0 Å². The lowest BCUT2D eigenvalue weighted by molar-refractivity contribution is 0.332. The largest absolute Gasteiger partial charge is 0.497 e. The number of methoxy groups -OCH3 is 1. The van der Waals surface area contributed by atoms with Crippen LogP contribution in [0.5, 0.6) is 5.75 Å². The summed E-state index contributed by atoms with van der Waals surface area (Å²) in [6.07, 6.45) is 1.93. The molecule has 0 aromatic heterocycles. The van der Waals surface area contributed by atoms with Crippen LogP contribution in [-0.4, -0.2) is 18.8 Å². The highest BCUT2D eigenvalue weighted by atomic mass is 16.5. The lowest BCUT2D eigenvalue weighted by Crippen LogP contribution is -1.85. The molecule has 0 aliphatic rings. The van der Waals surface area contributed by atoms with Crippen molar-refractivity contribution in [3.05, 3.63) is 35.4 Å². The van der Waals surface area contributed by atoms with Crippen molar-refractivity contribution in [1.82, 2.24) is 0 Å². The van der Waals surface area contributed by atoms with Gasteiger partial charge in [-0.25, -0.2) is 0 Å². The van der Waals surface area contributed by atoms with Crippen molar-refractivity contribution in [2.75, 3.05) is 13.7 Å². The SMILES string of the molecule is COc1cccc(/C=C(\C)CO)c1. The van der Waals surface area contributed by atoms with Crippen molar-refractivity contribution in [3.63, 3.8) is 0 Å². The fraction of sp³-hybridized carbons (Fsp3) is 0.273. The number of aliphatic hydroxyl groups is 1. The van der Waals surface area contributed by atoms with Gasteiger partial charge in [-0.1, -0.05) is 18.2 Å². The molecule has 1 aromatic carbocycles. The first kappa shape index (κ1) is 9.81. The molecular weight excluding hydrogens is 164 g/mol. The molecule has 0 unspecified atom stereocenters. The van der Waals surface area contributed by atoms with Gasteiger partial charge in [-0.15, -0.1) is 0 Å². The van der Waals surface area contributed by atoms with E-state index in [1.54, 1.807) is 7.11 Å². The molecule has 0 fully saturated rings. The lowest BCUT2D eigenvalue weighted by atomic mass is 10.1. The minimum absolute atomic E-state index is 0.0945. The Morgan fingerprint density at radius 2 is 2.31 bits per heavy atom. The number of rotatable bonds is 3. The molecule has 0 amide bonds. The summed E-state index contributed by atoms with van der Waals surface area (Å²) in [5.74, 6) is 0.833. The molecule has 0 heterocycles. The second-order valence-electron chi connectivity index (χ2n) is 2.93. The third kappa shape index (κ3) is 2.92. The second kappa shape index (κ2) is 4.67. The summed E-state index contributed by atoms with van der Waals surface area (Å²) in [7, 11) is 1.64. The smallest absolute Gasteiger partial charge is 0.119 e. The monoisotopic (exact) mass is 178 g/mol. The number of benzene rings is 1. The zero-order valence-electron chi connectivity index (χ0n) is 7.95. The maximum atomic E-state index is 8.82. The van der Waals surface area contributed by atoms with Crippen molar-refractivity contribution in [2.24, 2.45) is 0 Å². The van der Waals surface area contributed by atoms with Gasteiger partial charge in [-0.05, 0) is 30.2 Å². The molecule has 0 spiro atoms. The van der Waals surface area contributed by atoms with Crippen LogP contribution in [0.15, 0.2) is 29.8 Å². The molecule has 0 aliphatic heterocycles. The van der Waals surface area contributed by atoms with Crippen LogP contribution in [0.2, 0.25) is 0 Å². The Kier molecular flexibility index (Phi) is 3.53. The molecule has 0 saturated heterocycles. The van der Waals surface area contributed by atoms with Gasteiger partial charge < -0.3 is 9.84 Å². The molecule has 2 nitrogen and oxygen atoms in total. The first-order chi connectivity index (χ1) is 6.26. The van der Waals surface area contributed by atoms with Crippen LogP contribution in [0.3, 0.4) is 0 Å². The number of hydrogen-bond donors (Lipinski definition) is 1. The molecule has 1 rings (SSSR count). The molecule has 2 heteroatoms. The minimum atomic E-state index is 0.0945. The minimum Gasteiger partial charge on any atom is -0.497 e. The van der Waals surface area contributed by atoms with Crippen LogP contribution in [0.4, 0.5) is 0 Å². The van der Waals surface area contributed by atoms with E-state index in [-0.39, 0.29) is 6.61 Å². The first-order valence-electron chi connectivity index (χ1n) is 4.18. The van der Waals surface area contributed by atoms with Gasteiger partial charge in [0.25, 0.3) is 0 Å². The quantitative estimate of drug-likeness (QED) is 0.768. The van der Waals surface area contributed by atoms with E-state index >= 15 is 0 Å². The van der Waals surface area contributed by atoms with E-state index in [2.05, 4.69) is 0 Å². The number of ether oxygens (including phenoxy) is 1. The van der Waals surface area contributed by atoms with Crippen LogP contribution in [0.25, 0.3) is 6.08 Å². The molecular formula is C11H14O2. The highest BCUT2D eigenvalue weighted by Crippen LogP contribution is 2.14. The average Bonchev–Trinajstić information content (AvgIpc) is 2.18. The second-order valence-corrected chi connectivity index (χ2v) is 2.93. The maximum absolute atomic E-state index is 8.82. The molecule has 70 valence electrons. The summed E-state index contributed by atoms with van der Waals surface area (Å²) >= 11 is 0. The molecule has 0 saturated carbocycles. The molecule has 0 bridgehead atoms.